The molecule has 4 nitrogen and oxygen atoms in total. The summed E-state index contributed by atoms with van der Waals surface area (Å²) in [6.45, 7) is 0. The molecule has 0 radical (unpaired) electrons. The first-order chi connectivity index (χ1) is 5.77. The molecule has 2 aliphatic carbocycles. The number of hydrazone groups is 1. The van der Waals surface area contributed by atoms with Crippen molar-refractivity contribution in [2.45, 2.75) is 25.7 Å². The fourth-order valence-corrected chi connectivity index (χ4v) is 1.71. The van der Waals surface area contributed by atoms with Gasteiger partial charge in [0.05, 0.1) is 0 Å². The normalized spacial score (nSPS) is 31.3. The van der Waals surface area contributed by atoms with E-state index >= 15 is 0 Å². The average molecular weight is 167 g/mol. The van der Waals surface area contributed by atoms with Gasteiger partial charge >= 0.3 is 6.03 Å². The van der Waals surface area contributed by atoms with Crippen LogP contribution in [0.3, 0.4) is 0 Å². The zero-order chi connectivity index (χ0) is 8.55. The van der Waals surface area contributed by atoms with Crippen LogP contribution in [0.15, 0.2) is 5.10 Å². The number of nitrogens with zero attached hydrogens (tertiary/aromatic N) is 1. The lowest BCUT2D eigenvalue weighted by Gasteiger charge is -2.27. The van der Waals surface area contributed by atoms with E-state index in [-0.39, 0.29) is 0 Å². The van der Waals surface area contributed by atoms with Crippen molar-refractivity contribution in [2.75, 3.05) is 0 Å². The Kier molecular flexibility index (Phi) is 1.75. The standard InChI is InChI=1S/C8H13N3O/c9-8(12)11-10-7-4-3-6(7)5-1-2-5/h5-6H,1-4H2,(H3,9,11,12)/b10-7-. The van der Waals surface area contributed by atoms with Crippen LogP contribution in [0.1, 0.15) is 25.7 Å². The number of amides is 2. The molecular formula is C8H13N3O. The van der Waals surface area contributed by atoms with Crippen LogP contribution >= 0.6 is 0 Å². The van der Waals surface area contributed by atoms with Gasteiger partial charge in [0.15, 0.2) is 0 Å². The summed E-state index contributed by atoms with van der Waals surface area (Å²) in [6, 6.07) is -0.566. The van der Waals surface area contributed by atoms with E-state index in [0.717, 1.165) is 18.1 Å². The zero-order valence-electron chi connectivity index (χ0n) is 6.92. The first kappa shape index (κ1) is 7.58. The zero-order valence-corrected chi connectivity index (χ0v) is 6.92. The second-order valence-electron chi connectivity index (χ2n) is 3.56. The highest BCUT2D eigenvalue weighted by atomic mass is 16.2. The summed E-state index contributed by atoms with van der Waals surface area (Å²) in [4.78, 5) is 10.3. The van der Waals surface area contributed by atoms with Gasteiger partial charge in [0.2, 0.25) is 0 Å². The summed E-state index contributed by atoms with van der Waals surface area (Å²) in [5.74, 6) is 1.50. The van der Waals surface area contributed by atoms with Gasteiger partial charge in [0.1, 0.15) is 0 Å². The molecule has 3 N–H and O–H groups in total. The summed E-state index contributed by atoms with van der Waals surface area (Å²) >= 11 is 0. The molecule has 4 heteroatoms. The molecule has 2 fully saturated rings. The molecule has 0 saturated heterocycles. The van der Waals surface area contributed by atoms with E-state index in [1.165, 1.54) is 19.3 Å². The predicted molar refractivity (Wildman–Crippen MR) is 45.6 cm³/mol. The SMILES string of the molecule is NC(=O)N/N=C1/CCC1C1CC1. The summed E-state index contributed by atoms with van der Waals surface area (Å²) in [7, 11) is 0. The second-order valence-corrected chi connectivity index (χ2v) is 3.56. The molecule has 66 valence electrons. The quantitative estimate of drug-likeness (QED) is 0.588. The Balaban J connectivity index is 1.86. The minimum absolute atomic E-state index is 0.566. The number of hydrogen-bond donors (Lipinski definition) is 2. The third-order valence-corrected chi connectivity index (χ3v) is 2.64. The first-order valence-corrected chi connectivity index (χ1v) is 4.39. The number of hydrogen-bond acceptors (Lipinski definition) is 2. The summed E-state index contributed by atoms with van der Waals surface area (Å²) < 4.78 is 0. The molecule has 2 amide bonds. The van der Waals surface area contributed by atoms with Gasteiger partial charge in [0.25, 0.3) is 0 Å². The van der Waals surface area contributed by atoms with E-state index in [1.54, 1.807) is 0 Å². The Morgan fingerprint density at radius 2 is 2.25 bits per heavy atom. The van der Waals surface area contributed by atoms with Crippen LogP contribution in [-0.2, 0) is 0 Å². The highest BCUT2D eigenvalue weighted by Gasteiger charge is 2.39. The lowest BCUT2D eigenvalue weighted by molar-refractivity contribution is 0.249. The molecular weight excluding hydrogens is 154 g/mol. The summed E-state index contributed by atoms with van der Waals surface area (Å²) in [5.41, 5.74) is 8.32. The van der Waals surface area contributed by atoms with Crippen LogP contribution in [0.2, 0.25) is 0 Å². The van der Waals surface area contributed by atoms with Gasteiger partial charge in [-0.25, -0.2) is 10.2 Å². The molecule has 0 aliphatic heterocycles. The molecule has 0 spiro atoms. The van der Waals surface area contributed by atoms with Crippen molar-refractivity contribution >= 4 is 11.7 Å². The third kappa shape index (κ3) is 1.42. The van der Waals surface area contributed by atoms with Crippen LogP contribution < -0.4 is 11.2 Å². The molecule has 1 unspecified atom stereocenters. The minimum Gasteiger partial charge on any atom is -0.350 e. The van der Waals surface area contributed by atoms with Gasteiger partial charge in [-0.1, -0.05) is 0 Å². The minimum atomic E-state index is -0.566. The van der Waals surface area contributed by atoms with E-state index in [4.69, 9.17) is 5.73 Å². The number of primary amides is 1. The van der Waals surface area contributed by atoms with Crippen molar-refractivity contribution in [1.29, 1.82) is 0 Å². The number of rotatable bonds is 2. The molecule has 2 saturated carbocycles. The van der Waals surface area contributed by atoms with Gasteiger partial charge < -0.3 is 5.73 Å². The topological polar surface area (TPSA) is 67.5 Å². The maximum Gasteiger partial charge on any atom is 0.332 e. The highest BCUT2D eigenvalue weighted by molar-refractivity contribution is 5.93. The van der Waals surface area contributed by atoms with Gasteiger partial charge in [-0.3, -0.25) is 0 Å². The maximum absolute atomic E-state index is 10.3. The van der Waals surface area contributed by atoms with Crippen LogP contribution in [0, 0.1) is 11.8 Å². The molecule has 0 aromatic heterocycles. The molecule has 2 rings (SSSR count). The van der Waals surface area contributed by atoms with E-state index in [1.807, 2.05) is 0 Å². The third-order valence-electron chi connectivity index (χ3n) is 2.64. The molecule has 0 heterocycles. The smallest absolute Gasteiger partial charge is 0.332 e. The van der Waals surface area contributed by atoms with Gasteiger partial charge in [0, 0.05) is 11.6 Å². The second kappa shape index (κ2) is 2.77. The van der Waals surface area contributed by atoms with E-state index in [9.17, 15) is 4.79 Å². The molecule has 0 bridgehead atoms. The number of urea groups is 1. The summed E-state index contributed by atoms with van der Waals surface area (Å²) in [5, 5.41) is 3.96. The van der Waals surface area contributed by atoms with Crippen LogP contribution in [0.4, 0.5) is 4.79 Å². The Morgan fingerprint density at radius 3 is 2.67 bits per heavy atom. The largest absolute Gasteiger partial charge is 0.350 e. The number of carbonyl (C=O) groups excluding carboxylic acids is 1. The van der Waals surface area contributed by atoms with Crippen molar-refractivity contribution < 1.29 is 4.79 Å². The van der Waals surface area contributed by atoms with Crippen molar-refractivity contribution in [1.82, 2.24) is 5.43 Å². The van der Waals surface area contributed by atoms with Gasteiger partial charge in [-0.2, -0.15) is 5.10 Å². The lowest BCUT2D eigenvalue weighted by Crippen LogP contribution is -2.33. The van der Waals surface area contributed by atoms with Crippen molar-refractivity contribution in [3.8, 4) is 0 Å². The fourth-order valence-electron chi connectivity index (χ4n) is 1.71. The van der Waals surface area contributed by atoms with Crippen molar-refractivity contribution in [3.05, 3.63) is 0 Å². The predicted octanol–water partition coefficient (Wildman–Crippen LogP) is 0.831. The van der Waals surface area contributed by atoms with Gasteiger partial charge in [-0.15, -0.1) is 0 Å². The fraction of sp³-hybridized carbons (Fsp3) is 0.750. The molecule has 0 aromatic carbocycles. The van der Waals surface area contributed by atoms with E-state index in [2.05, 4.69) is 10.5 Å². The number of nitrogens with two attached hydrogens (primary N) is 1. The van der Waals surface area contributed by atoms with Crippen LogP contribution in [0.5, 0.6) is 0 Å². The Morgan fingerprint density at radius 1 is 1.50 bits per heavy atom. The van der Waals surface area contributed by atoms with E-state index in [0.29, 0.717) is 5.92 Å². The van der Waals surface area contributed by atoms with Crippen LogP contribution in [0.25, 0.3) is 0 Å². The molecule has 0 aromatic rings. The Labute approximate surface area is 71.2 Å². The van der Waals surface area contributed by atoms with Crippen molar-refractivity contribution in [3.63, 3.8) is 0 Å². The maximum atomic E-state index is 10.3. The average Bonchev–Trinajstić information content (AvgIpc) is 2.68. The Bertz CT molecular complexity index is 232. The first-order valence-electron chi connectivity index (χ1n) is 4.39. The number of carbonyl (C=O) groups is 1. The molecule has 12 heavy (non-hydrogen) atoms. The number of nitrogens with one attached hydrogen (secondary N) is 1. The van der Waals surface area contributed by atoms with Crippen LogP contribution in [-0.4, -0.2) is 11.7 Å². The monoisotopic (exact) mass is 167 g/mol. The van der Waals surface area contributed by atoms with E-state index < -0.39 is 6.03 Å². The summed E-state index contributed by atoms with van der Waals surface area (Å²) in [6.07, 6.45) is 4.94. The molecule has 1 atom stereocenters. The highest BCUT2D eigenvalue weighted by Crippen LogP contribution is 2.45. The Hall–Kier alpha value is -1.06. The van der Waals surface area contributed by atoms with Crippen molar-refractivity contribution in [2.24, 2.45) is 22.7 Å². The molecule has 2 aliphatic rings. The van der Waals surface area contributed by atoms with Gasteiger partial charge in [-0.05, 0) is 31.6 Å². The lowest BCUT2D eigenvalue weighted by atomic mass is 9.79.